The number of aliphatic hydroxyl groups is 1. The Kier molecular flexibility index (Phi) is 4.14. The summed E-state index contributed by atoms with van der Waals surface area (Å²) in [5, 5.41) is 9.45. The van der Waals surface area contributed by atoms with E-state index in [1.165, 1.54) is 12.8 Å². The van der Waals surface area contributed by atoms with Crippen LogP contribution in [0.1, 0.15) is 51.8 Å². The van der Waals surface area contributed by atoms with Crippen molar-refractivity contribution < 1.29 is 5.11 Å². The molecule has 0 bridgehead atoms. The molecule has 2 rings (SSSR count). The molecular weight excluding hydrogens is 236 g/mol. The van der Waals surface area contributed by atoms with Gasteiger partial charge in [-0.2, -0.15) is 0 Å². The Morgan fingerprint density at radius 3 is 2.63 bits per heavy atom. The molecule has 3 heteroatoms. The van der Waals surface area contributed by atoms with Crippen LogP contribution in [-0.2, 0) is 12.0 Å². The van der Waals surface area contributed by atoms with Gasteiger partial charge in [0.25, 0.3) is 0 Å². The van der Waals surface area contributed by atoms with Crippen molar-refractivity contribution >= 4 is 5.82 Å². The van der Waals surface area contributed by atoms with Gasteiger partial charge in [-0.15, -0.1) is 0 Å². The molecule has 0 saturated carbocycles. The number of pyridine rings is 1. The topological polar surface area (TPSA) is 36.4 Å². The first kappa shape index (κ1) is 14.3. The van der Waals surface area contributed by atoms with Gasteiger partial charge in [0.15, 0.2) is 0 Å². The van der Waals surface area contributed by atoms with Crippen molar-refractivity contribution in [3.8, 4) is 0 Å². The number of nitrogens with zero attached hydrogens (tertiary/aromatic N) is 2. The summed E-state index contributed by atoms with van der Waals surface area (Å²) in [6.45, 7) is 11.0. The Balaban J connectivity index is 2.30. The van der Waals surface area contributed by atoms with Crippen LogP contribution in [0.2, 0.25) is 0 Å². The van der Waals surface area contributed by atoms with E-state index < -0.39 is 0 Å². The molecule has 0 amide bonds. The van der Waals surface area contributed by atoms with Gasteiger partial charge < -0.3 is 10.0 Å². The molecule has 1 fully saturated rings. The van der Waals surface area contributed by atoms with Gasteiger partial charge in [0, 0.05) is 24.2 Å². The third-order valence-electron chi connectivity index (χ3n) is 4.01. The lowest BCUT2D eigenvalue weighted by Crippen LogP contribution is -2.23. The van der Waals surface area contributed by atoms with Crippen molar-refractivity contribution in [1.29, 1.82) is 0 Å². The molecule has 0 aromatic carbocycles. The lowest BCUT2D eigenvalue weighted by Gasteiger charge is -2.24. The molecule has 106 valence electrons. The third kappa shape index (κ3) is 3.27. The van der Waals surface area contributed by atoms with E-state index >= 15 is 0 Å². The number of hydrogen-bond donors (Lipinski definition) is 1. The van der Waals surface area contributed by atoms with Crippen LogP contribution >= 0.6 is 0 Å². The molecule has 0 spiro atoms. The first-order chi connectivity index (χ1) is 8.94. The van der Waals surface area contributed by atoms with Crippen molar-refractivity contribution in [3.63, 3.8) is 0 Å². The summed E-state index contributed by atoms with van der Waals surface area (Å²) >= 11 is 0. The van der Waals surface area contributed by atoms with Gasteiger partial charge in [0.1, 0.15) is 5.82 Å². The average molecular weight is 262 g/mol. The minimum absolute atomic E-state index is 0.0177. The lowest BCUT2D eigenvalue weighted by molar-refractivity contribution is 0.281. The highest BCUT2D eigenvalue weighted by Crippen LogP contribution is 2.28. The largest absolute Gasteiger partial charge is 0.392 e. The fourth-order valence-electron chi connectivity index (χ4n) is 2.58. The van der Waals surface area contributed by atoms with Crippen LogP contribution in [0.15, 0.2) is 12.1 Å². The van der Waals surface area contributed by atoms with Gasteiger partial charge in [-0.1, -0.05) is 34.1 Å². The Bertz CT molecular complexity index is 437. The molecule has 1 aliphatic rings. The molecule has 1 saturated heterocycles. The second-order valence-corrected chi connectivity index (χ2v) is 6.64. The maximum atomic E-state index is 9.45. The zero-order valence-corrected chi connectivity index (χ0v) is 12.6. The number of hydrogen-bond acceptors (Lipinski definition) is 3. The van der Waals surface area contributed by atoms with Crippen LogP contribution in [0.25, 0.3) is 0 Å². The fraction of sp³-hybridized carbons (Fsp3) is 0.688. The predicted molar refractivity (Wildman–Crippen MR) is 79.5 cm³/mol. The van der Waals surface area contributed by atoms with Gasteiger partial charge in [-0.25, -0.2) is 4.98 Å². The van der Waals surface area contributed by atoms with Gasteiger partial charge in [-0.05, 0) is 30.0 Å². The molecule has 1 aliphatic heterocycles. The normalized spacial score (nSPS) is 20.1. The summed E-state index contributed by atoms with van der Waals surface area (Å²) in [4.78, 5) is 7.18. The number of anilines is 1. The van der Waals surface area contributed by atoms with Crippen molar-refractivity contribution in [1.82, 2.24) is 4.98 Å². The Labute approximate surface area is 116 Å². The van der Waals surface area contributed by atoms with Gasteiger partial charge >= 0.3 is 0 Å². The van der Waals surface area contributed by atoms with Crippen LogP contribution in [0.3, 0.4) is 0 Å². The van der Waals surface area contributed by atoms with E-state index in [0.717, 1.165) is 36.1 Å². The summed E-state index contributed by atoms with van der Waals surface area (Å²) in [5.41, 5.74) is 2.05. The molecule has 1 aromatic rings. The molecule has 1 unspecified atom stereocenters. The van der Waals surface area contributed by atoms with E-state index in [4.69, 9.17) is 4.98 Å². The summed E-state index contributed by atoms with van der Waals surface area (Å²) in [5.74, 6) is 1.82. The maximum Gasteiger partial charge on any atom is 0.129 e. The van der Waals surface area contributed by atoms with E-state index in [1.807, 2.05) is 12.1 Å². The Morgan fingerprint density at radius 1 is 1.37 bits per heavy atom. The number of aromatic nitrogens is 1. The van der Waals surface area contributed by atoms with Crippen LogP contribution < -0.4 is 4.90 Å². The molecular formula is C16H26N2O. The molecule has 3 nitrogen and oxygen atoms in total. The highest BCUT2D eigenvalue weighted by molar-refractivity contribution is 5.44. The van der Waals surface area contributed by atoms with Crippen LogP contribution in [-0.4, -0.2) is 23.2 Å². The SMILES string of the molecule is CCC1CCN(c2cc(CO)cc(C(C)(C)C)n2)C1. The molecule has 1 N–H and O–H groups in total. The fourth-order valence-corrected chi connectivity index (χ4v) is 2.58. The van der Waals surface area contributed by atoms with Crippen LogP contribution in [0.4, 0.5) is 5.82 Å². The number of rotatable bonds is 3. The summed E-state index contributed by atoms with van der Waals surface area (Å²) in [6.07, 6.45) is 2.49. The third-order valence-corrected chi connectivity index (χ3v) is 4.01. The van der Waals surface area contributed by atoms with E-state index in [0.29, 0.717) is 0 Å². The molecule has 1 aromatic heterocycles. The van der Waals surface area contributed by atoms with Crippen molar-refractivity contribution in [2.45, 2.75) is 52.6 Å². The molecule has 1 atom stereocenters. The summed E-state index contributed by atoms with van der Waals surface area (Å²) in [6, 6.07) is 4.06. The van der Waals surface area contributed by atoms with E-state index in [-0.39, 0.29) is 12.0 Å². The van der Waals surface area contributed by atoms with Crippen LogP contribution in [0.5, 0.6) is 0 Å². The highest BCUT2D eigenvalue weighted by Gasteiger charge is 2.24. The van der Waals surface area contributed by atoms with Gasteiger partial charge in [0.2, 0.25) is 0 Å². The van der Waals surface area contributed by atoms with Crippen LogP contribution in [0, 0.1) is 5.92 Å². The second-order valence-electron chi connectivity index (χ2n) is 6.64. The Morgan fingerprint density at radius 2 is 2.11 bits per heavy atom. The van der Waals surface area contributed by atoms with Crippen molar-refractivity contribution in [2.75, 3.05) is 18.0 Å². The number of aliphatic hydroxyl groups excluding tert-OH is 1. The summed E-state index contributed by atoms with van der Waals surface area (Å²) in [7, 11) is 0. The molecule has 19 heavy (non-hydrogen) atoms. The smallest absolute Gasteiger partial charge is 0.129 e. The monoisotopic (exact) mass is 262 g/mol. The second kappa shape index (κ2) is 5.49. The first-order valence-electron chi connectivity index (χ1n) is 7.31. The standard InChI is InChI=1S/C16H26N2O/c1-5-12-6-7-18(10-12)15-9-13(11-19)8-14(17-15)16(2,3)4/h8-9,12,19H,5-7,10-11H2,1-4H3. The minimum atomic E-state index is 0.0177. The maximum absolute atomic E-state index is 9.45. The Hall–Kier alpha value is -1.09. The van der Waals surface area contributed by atoms with E-state index in [2.05, 4.69) is 32.6 Å². The quantitative estimate of drug-likeness (QED) is 0.909. The first-order valence-corrected chi connectivity index (χ1v) is 7.31. The molecule has 0 radical (unpaired) electrons. The molecule has 2 heterocycles. The zero-order chi connectivity index (χ0) is 14.0. The van der Waals surface area contributed by atoms with Gasteiger partial charge in [0.05, 0.1) is 6.61 Å². The average Bonchev–Trinajstić information content (AvgIpc) is 2.86. The summed E-state index contributed by atoms with van der Waals surface area (Å²) < 4.78 is 0. The lowest BCUT2D eigenvalue weighted by atomic mass is 9.91. The van der Waals surface area contributed by atoms with Gasteiger partial charge in [-0.3, -0.25) is 0 Å². The minimum Gasteiger partial charge on any atom is -0.392 e. The van der Waals surface area contributed by atoms with E-state index in [9.17, 15) is 5.11 Å². The highest BCUT2D eigenvalue weighted by atomic mass is 16.3. The van der Waals surface area contributed by atoms with Crippen molar-refractivity contribution in [2.24, 2.45) is 5.92 Å². The van der Waals surface area contributed by atoms with E-state index in [1.54, 1.807) is 0 Å². The predicted octanol–water partition coefficient (Wildman–Crippen LogP) is 3.11. The zero-order valence-electron chi connectivity index (χ0n) is 12.6. The van der Waals surface area contributed by atoms with Crippen molar-refractivity contribution in [3.05, 3.63) is 23.4 Å². The molecule has 0 aliphatic carbocycles.